The number of methoxy groups -OCH3 is 1. The van der Waals surface area contributed by atoms with E-state index in [4.69, 9.17) is 11.2 Å². The van der Waals surface area contributed by atoms with Crippen molar-refractivity contribution in [3.8, 4) is 18.1 Å². The second-order valence-electron chi connectivity index (χ2n) is 3.91. The third kappa shape index (κ3) is 1.28. The maximum Gasteiger partial charge on any atom is 0.122 e. The minimum atomic E-state index is 0.0149. The summed E-state index contributed by atoms with van der Waals surface area (Å²) in [5, 5.41) is 0. The van der Waals surface area contributed by atoms with Crippen LogP contribution in [0.25, 0.3) is 0 Å². The van der Waals surface area contributed by atoms with E-state index in [0.717, 1.165) is 24.2 Å². The summed E-state index contributed by atoms with van der Waals surface area (Å²) in [5.41, 5.74) is 2.40. The topological polar surface area (TPSA) is 9.23 Å². The van der Waals surface area contributed by atoms with Crippen molar-refractivity contribution in [1.82, 2.24) is 0 Å². The minimum absolute atomic E-state index is 0.0149. The Morgan fingerprint density at radius 3 is 2.64 bits per heavy atom. The zero-order chi connectivity index (χ0) is 10.2. The van der Waals surface area contributed by atoms with Gasteiger partial charge in [0.1, 0.15) is 5.75 Å². The largest absolute Gasteiger partial charge is 0.496 e. The van der Waals surface area contributed by atoms with E-state index in [1.165, 1.54) is 5.56 Å². The molecule has 1 fully saturated rings. The molecule has 0 heterocycles. The van der Waals surface area contributed by atoms with E-state index in [0.29, 0.717) is 0 Å². The van der Waals surface area contributed by atoms with Crippen molar-refractivity contribution in [1.29, 1.82) is 0 Å². The lowest BCUT2D eigenvalue weighted by molar-refractivity contribution is 0.411. The van der Waals surface area contributed by atoms with E-state index in [9.17, 15) is 0 Å². The van der Waals surface area contributed by atoms with E-state index in [1.807, 2.05) is 6.92 Å². The first-order valence-corrected chi connectivity index (χ1v) is 4.85. The molecule has 1 saturated carbocycles. The number of rotatable bonds is 2. The fraction of sp³-hybridized carbons (Fsp3) is 0.385. The molecular weight excluding hydrogens is 172 g/mol. The smallest absolute Gasteiger partial charge is 0.122 e. The van der Waals surface area contributed by atoms with Crippen molar-refractivity contribution in [3.05, 3.63) is 29.3 Å². The Morgan fingerprint density at radius 2 is 2.14 bits per heavy atom. The van der Waals surface area contributed by atoms with Crippen LogP contribution in [0.2, 0.25) is 0 Å². The lowest BCUT2D eigenvalue weighted by Crippen LogP contribution is -2.03. The molecule has 1 aromatic rings. The van der Waals surface area contributed by atoms with Crippen molar-refractivity contribution >= 4 is 0 Å². The van der Waals surface area contributed by atoms with Gasteiger partial charge in [-0.3, -0.25) is 0 Å². The van der Waals surface area contributed by atoms with Gasteiger partial charge in [0.15, 0.2) is 0 Å². The van der Waals surface area contributed by atoms with Crippen LogP contribution in [0.5, 0.6) is 5.75 Å². The molecule has 1 aromatic carbocycles. The quantitative estimate of drug-likeness (QED) is 0.645. The van der Waals surface area contributed by atoms with Gasteiger partial charge in [-0.2, -0.15) is 0 Å². The molecule has 2 rings (SSSR count). The fourth-order valence-corrected chi connectivity index (χ4v) is 1.76. The molecule has 1 nitrogen and oxygen atoms in total. The molecular formula is C13H14O. The van der Waals surface area contributed by atoms with Gasteiger partial charge in [0.25, 0.3) is 0 Å². The van der Waals surface area contributed by atoms with Crippen molar-refractivity contribution in [2.75, 3.05) is 7.11 Å². The standard InChI is InChI=1S/C13H14O/c1-4-13(7-8-13)11-6-5-10(2)12(9-11)14-3/h1,5-6,9H,7-8H2,2-3H3. The molecule has 1 aliphatic carbocycles. The van der Waals surface area contributed by atoms with E-state index >= 15 is 0 Å². The Bertz CT molecular complexity index is 394. The van der Waals surface area contributed by atoms with Crippen LogP contribution < -0.4 is 4.74 Å². The average molecular weight is 186 g/mol. The third-order valence-corrected chi connectivity index (χ3v) is 2.99. The van der Waals surface area contributed by atoms with Gasteiger partial charge in [-0.25, -0.2) is 0 Å². The summed E-state index contributed by atoms with van der Waals surface area (Å²) in [5.74, 6) is 3.82. The number of hydrogen-bond donors (Lipinski definition) is 0. The number of hydrogen-bond acceptors (Lipinski definition) is 1. The molecule has 72 valence electrons. The van der Waals surface area contributed by atoms with E-state index in [1.54, 1.807) is 7.11 Å². The zero-order valence-electron chi connectivity index (χ0n) is 8.63. The summed E-state index contributed by atoms with van der Waals surface area (Å²) >= 11 is 0. The summed E-state index contributed by atoms with van der Waals surface area (Å²) in [6.45, 7) is 2.04. The monoisotopic (exact) mass is 186 g/mol. The van der Waals surface area contributed by atoms with Crippen LogP contribution in [0.15, 0.2) is 18.2 Å². The lowest BCUT2D eigenvalue weighted by Gasteiger charge is -2.11. The predicted octanol–water partition coefficient (Wildman–Crippen LogP) is 2.67. The van der Waals surface area contributed by atoms with E-state index in [-0.39, 0.29) is 5.41 Å². The van der Waals surface area contributed by atoms with Crippen LogP contribution >= 0.6 is 0 Å². The molecule has 0 bridgehead atoms. The van der Waals surface area contributed by atoms with Crippen LogP contribution in [-0.4, -0.2) is 7.11 Å². The molecule has 0 aliphatic heterocycles. The lowest BCUT2D eigenvalue weighted by atomic mass is 9.96. The number of aryl methyl sites for hydroxylation is 1. The van der Waals surface area contributed by atoms with Gasteiger partial charge in [0.2, 0.25) is 0 Å². The highest BCUT2D eigenvalue weighted by atomic mass is 16.5. The molecule has 0 aromatic heterocycles. The summed E-state index contributed by atoms with van der Waals surface area (Å²) in [7, 11) is 1.70. The summed E-state index contributed by atoms with van der Waals surface area (Å²) in [6, 6.07) is 6.26. The molecule has 0 N–H and O–H groups in total. The first-order chi connectivity index (χ1) is 6.72. The molecule has 0 amide bonds. The van der Waals surface area contributed by atoms with Gasteiger partial charge >= 0.3 is 0 Å². The van der Waals surface area contributed by atoms with Gasteiger partial charge in [0, 0.05) is 0 Å². The number of ether oxygens (including phenoxy) is 1. The Labute approximate surface area is 85.1 Å². The van der Waals surface area contributed by atoms with Crippen LogP contribution in [0.3, 0.4) is 0 Å². The van der Waals surface area contributed by atoms with Crippen LogP contribution in [0, 0.1) is 19.3 Å². The SMILES string of the molecule is C#CC1(c2ccc(C)c(OC)c2)CC1. The molecule has 0 spiro atoms. The van der Waals surface area contributed by atoms with Crippen LogP contribution in [0.4, 0.5) is 0 Å². The van der Waals surface area contributed by atoms with Gasteiger partial charge in [-0.1, -0.05) is 18.1 Å². The Balaban J connectivity index is 2.42. The Morgan fingerprint density at radius 1 is 1.43 bits per heavy atom. The van der Waals surface area contributed by atoms with Gasteiger partial charge in [-0.15, -0.1) is 6.42 Å². The highest BCUT2D eigenvalue weighted by Crippen LogP contribution is 2.48. The molecule has 1 aliphatic rings. The fourth-order valence-electron chi connectivity index (χ4n) is 1.76. The maximum atomic E-state index is 5.54. The first-order valence-electron chi connectivity index (χ1n) is 4.85. The Hall–Kier alpha value is -1.42. The van der Waals surface area contributed by atoms with E-state index < -0.39 is 0 Å². The summed E-state index contributed by atoms with van der Waals surface area (Å²) < 4.78 is 5.28. The molecule has 1 heteroatoms. The minimum Gasteiger partial charge on any atom is -0.496 e. The Kier molecular flexibility index (Phi) is 2.00. The summed E-state index contributed by atoms with van der Waals surface area (Å²) in [6.07, 6.45) is 7.75. The first kappa shape index (κ1) is 9.15. The number of benzene rings is 1. The molecule has 0 radical (unpaired) electrons. The average Bonchev–Trinajstić information content (AvgIpc) is 2.99. The van der Waals surface area contributed by atoms with Gasteiger partial charge < -0.3 is 4.74 Å². The van der Waals surface area contributed by atoms with Crippen LogP contribution in [0.1, 0.15) is 24.0 Å². The second kappa shape index (κ2) is 3.06. The van der Waals surface area contributed by atoms with Crippen molar-refractivity contribution in [3.63, 3.8) is 0 Å². The van der Waals surface area contributed by atoms with Gasteiger partial charge in [-0.05, 0) is 37.0 Å². The van der Waals surface area contributed by atoms with E-state index in [2.05, 4.69) is 24.1 Å². The molecule has 0 saturated heterocycles. The van der Waals surface area contributed by atoms with Gasteiger partial charge in [0.05, 0.1) is 12.5 Å². The molecule has 14 heavy (non-hydrogen) atoms. The third-order valence-electron chi connectivity index (χ3n) is 2.99. The summed E-state index contributed by atoms with van der Waals surface area (Å²) in [4.78, 5) is 0. The number of terminal acetylenes is 1. The highest BCUT2D eigenvalue weighted by molar-refractivity contribution is 5.46. The predicted molar refractivity (Wildman–Crippen MR) is 57.5 cm³/mol. The second-order valence-corrected chi connectivity index (χ2v) is 3.91. The van der Waals surface area contributed by atoms with Crippen molar-refractivity contribution in [2.45, 2.75) is 25.2 Å². The molecule has 0 atom stereocenters. The van der Waals surface area contributed by atoms with Crippen molar-refractivity contribution in [2.24, 2.45) is 0 Å². The normalized spacial score (nSPS) is 17.2. The zero-order valence-corrected chi connectivity index (χ0v) is 8.63. The molecule has 0 unspecified atom stereocenters. The highest BCUT2D eigenvalue weighted by Gasteiger charge is 2.42. The van der Waals surface area contributed by atoms with Crippen LogP contribution in [-0.2, 0) is 5.41 Å². The van der Waals surface area contributed by atoms with Crippen molar-refractivity contribution < 1.29 is 4.74 Å². The maximum absolute atomic E-state index is 5.54.